The Hall–Kier alpha value is -0.0800. The molecule has 0 aromatic rings. The monoisotopic (exact) mass is 243 g/mol. The molecular formula is C15H33NO. The third kappa shape index (κ3) is 10.8. The van der Waals surface area contributed by atoms with E-state index in [4.69, 9.17) is 10.8 Å². The summed E-state index contributed by atoms with van der Waals surface area (Å²) in [6.45, 7) is 6.74. The van der Waals surface area contributed by atoms with Crippen molar-refractivity contribution in [1.29, 1.82) is 0 Å². The number of aliphatic hydroxyl groups excluding tert-OH is 1. The molecule has 0 saturated carbocycles. The van der Waals surface area contributed by atoms with E-state index < -0.39 is 0 Å². The van der Waals surface area contributed by atoms with E-state index in [0.717, 1.165) is 12.8 Å². The molecule has 0 fully saturated rings. The number of aliphatic hydroxyl groups is 1. The Morgan fingerprint density at radius 1 is 1.00 bits per heavy atom. The molecule has 0 bridgehead atoms. The fourth-order valence-electron chi connectivity index (χ4n) is 2.00. The first kappa shape index (κ1) is 16.9. The highest BCUT2D eigenvalue weighted by Crippen LogP contribution is 2.23. The van der Waals surface area contributed by atoms with Crippen molar-refractivity contribution in [3.63, 3.8) is 0 Å². The molecule has 0 rings (SSSR count). The highest BCUT2D eigenvalue weighted by molar-refractivity contribution is 4.66. The summed E-state index contributed by atoms with van der Waals surface area (Å²) in [5.74, 6) is 0. The minimum Gasteiger partial charge on any atom is -0.396 e. The van der Waals surface area contributed by atoms with Gasteiger partial charge in [0.2, 0.25) is 0 Å². The fraction of sp³-hybridized carbons (Fsp3) is 1.00. The van der Waals surface area contributed by atoms with Gasteiger partial charge in [0.15, 0.2) is 0 Å². The van der Waals surface area contributed by atoms with Gasteiger partial charge < -0.3 is 10.8 Å². The Kier molecular flexibility index (Phi) is 9.85. The molecule has 0 aliphatic rings. The van der Waals surface area contributed by atoms with Crippen molar-refractivity contribution in [3.8, 4) is 0 Å². The van der Waals surface area contributed by atoms with Gasteiger partial charge in [0, 0.05) is 12.6 Å². The number of rotatable bonds is 11. The van der Waals surface area contributed by atoms with Crippen LogP contribution < -0.4 is 5.73 Å². The van der Waals surface area contributed by atoms with Gasteiger partial charge in [-0.3, -0.25) is 0 Å². The van der Waals surface area contributed by atoms with E-state index in [2.05, 4.69) is 20.8 Å². The molecule has 0 saturated heterocycles. The van der Waals surface area contributed by atoms with E-state index in [0.29, 0.717) is 12.6 Å². The van der Waals surface area contributed by atoms with Gasteiger partial charge in [-0.2, -0.15) is 0 Å². The highest BCUT2D eigenvalue weighted by atomic mass is 16.3. The zero-order chi connectivity index (χ0) is 13.1. The van der Waals surface area contributed by atoms with E-state index in [-0.39, 0.29) is 5.41 Å². The first-order chi connectivity index (χ1) is 8.02. The lowest BCUT2D eigenvalue weighted by Crippen LogP contribution is -2.17. The number of unbranched alkanes of at least 4 members (excludes halogenated alkanes) is 5. The van der Waals surface area contributed by atoms with Gasteiger partial charge in [0.1, 0.15) is 0 Å². The lowest BCUT2D eigenvalue weighted by atomic mass is 9.88. The first-order valence-electron chi connectivity index (χ1n) is 7.38. The fourth-order valence-corrected chi connectivity index (χ4v) is 2.00. The van der Waals surface area contributed by atoms with Gasteiger partial charge in [-0.05, 0) is 24.7 Å². The Balaban J connectivity index is 3.19. The zero-order valence-electron chi connectivity index (χ0n) is 12.2. The summed E-state index contributed by atoms with van der Waals surface area (Å²) >= 11 is 0. The van der Waals surface area contributed by atoms with Gasteiger partial charge in [-0.1, -0.05) is 59.3 Å². The minimum absolute atomic E-state index is 0.119. The molecule has 0 aliphatic carbocycles. The lowest BCUT2D eigenvalue weighted by Gasteiger charge is -2.20. The Labute approximate surface area is 108 Å². The smallest absolute Gasteiger partial charge is 0.0482 e. The molecule has 2 heteroatoms. The maximum absolute atomic E-state index is 9.13. The largest absolute Gasteiger partial charge is 0.396 e. The third-order valence-corrected chi connectivity index (χ3v) is 3.63. The molecule has 0 heterocycles. The van der Waals surface area contributed by atoms with Crippen molar-refractivity contribution in [1.82, 2.24) is 0 Å². The molecular weight excluding hydrogens is 210 g/mol. The lowest BCUT2D eigenvalue weighted by molar-refractivity contribution is 0.147. The molecule has 104 valence electrons. The number of hydrogen-bond donors (Lipinski definition) is 2. The van der Waals surface area contributed by atoms with Gasteiger partial charge >= 0.3 is 0 Å². The van der Waals surface area contributed by atoms with Crippen LogP contribution in [0.25, 0.3) is 0 Å². The number of nitrogens with two attached hydrogens (primary N) is 1. The Morgan fingerprint density at radius 2 is 1.53 bits per heavy atom. The molecule has 1 unspecified atom stereocenters. The minimum atomic E-state index is 0.119. The molecule has 2 nitrogen and oxygen atoms in total. The maximum atomic E-state index is 9.13. The Bertz CT molecular complexity index is 168. The maximum Gasteiger partial charge on any atom is 0.0482 e. The SMILES string of the molecule is CCC(N)CCCCCCCCC(C)(C)CO. The second kappa shape index (κ2) is 9.90. The second-order valence-corrected chi connectivity index (χ2v) is 6.15. The highest BCUT2D eigenvalue weighted by Gasteiger charge is 2.14. The Morgan fingerprint density at radius 3 is 2.06 bits per heavy atom. The van der Waals surface area contributed by atoms with Crippen molar-refractivity contribution >= 4 is 0 Å². The normalized spacial score (nSPS) is 13.9. The van der Waals surface area contributed by atoms with Crippen LogP contribution in [0.3, 0.4) is 0 Å². The predicted molar refractivity (Wildman–Crippen MR) is 76.1 cm³/mol. The van der Waals surface area contributed by atoms with E-state index in [9.17, 15) is 0 Å². The molecule has 0 aliphatic heterocycles. The average molecular weight is 243 g/mol. The summed E-state index contributed by atoms with van der Waals surface area (Å²) in [4.78, 5) is 0. The van der Waals surface area contributed by atoms with E-state index in [1.54, 1.807) is 0 Å². The van der Waals surface area contributed by atoms with Crippen molar-refractivity contribution in [3.05, 3.63) is 0 Å². The van der Waals surface area contributed by atoms with Crippen LogP contribution >= 0.6 is 0 Å². The van der Waals surface area contributed by atoms with Crippen LogP contribution in [0.15, 0.2) is 0 Å². The van der Waals surface area contributed by atoms with Crippen molar-refractivity contribution < 1.29 is 5.11 Å². The van der Waals surface area contributed by atoms with Crippen LogP contribution in [-0.2, 0) is 0 Å². The standard InChI is InChI=1S/C15H33NO/c1-4-14(16)11-9-7-5-6-8-10-12-15(2,3)13-17/h14,17H,4-13,16H2,1-3H3. The summed E-state index contributed by atoms with van der Waals surface area (Å²) in [7, 11) is 0. The molecule has 0 radical (unpaired) electrons. The van der Waals surface area contributed by atoms with Crippen LogP contribution in [0.1, 0.15) is 78.6 Å². The van der Waals surface area contributed by atoms with Gasteiger partial charge in [0.25, 0.3) is 0 Å². The zero-order valence-corrected chi connectivity index (χ0v) is 12.2. The summed E-state index contributed by atoms with van der Waals surface area (Å²) in [6.07, 6.45) is 11.3. The molecule has 0 aromatic heterocycles. The molecule has 0 amide bonds. The van der Waals surface area contributed by atoms with E-state index in [1.165, 1.54) is 44.9 Å². The van der Waals surface area contributed by atoms with Crippen LogP contribution in [0.4, 0.5) is 0 Å². The van der Waals surface area contributed by atoms with Crippen LogP contribution in [-0.4, -0.2) is 17.8 Å². The summed E-state index contributed by atoms with van der Waals surface area (Å²) in [5.41, 5.74) is 5.99. The topological polar surface area (TPSA) is 46.2 Å². The summed E-state index contributed by atoms with van der Waals surface area (Å²) in [6, 6.07) is 0.417. The average Bonchev–Trinajstić information content (AvgIpc) is 2.32. The van der Waals surface area contributed by atoms with Crippen molar-refractivity contribution in [2.75, 3.05) is 6.61 Å². The van der Waals surface area contributed by atoms with E-state index in [1.807, 2.05) is 0 Å². The van der Waals surface area contributed by atoms with Gasteiger partial charge in [-0.15, -0.1) is 0 Å². The van der Waals surface area contributed by atoms with Crippen LogP contribution in [0.2, 0.25) is 0 Å². The first-order valence-corrected chi connectivity index (χ1v) is 7.38. The van der Waals surface area contributed by atoms with Crippen molar-refractivity contribution in [2.24, 2.45) is 11.1 Å². The number of hydrogen-bond acceptors (Lipinski definition) is 2. The molecule has 1 atom stereocenters. The van der Waals surface area contributed by atoms with Crippen LogP contribution in [0, 0.1) is 5.41 Å². The summed E-state index contributed by atoms with van der Waals surface area (Å²) in [5, 5.41) is 9.13. The third-order valence-electron chi connectivity index (χ3n) is 3.63. The van der Waals surface area contributed by atoms with Gasteiger partial charge in [-0.25, -0.2) is 0 Å². The molecule has 17 heavy (non-hydrogen) atoms. The van der Waals surface area contributed by atoms with Crippen molar-refractivity contribution in [2.45, 2.75) is 84.6 Å². The second-order valence-electron chi connectivity index (χ2n) is 6.15. The van der Waals surface area contributed by atoms with E-state index >= 15 is 0 Å². The quantitative estimate of drug-likeness (QED) is 0.541. The molecule has 0 spiro atoms. The predicted octanol–water partition coefficient (Wildman–Crippen LogP) is 3.86. The summed E-state index contributed by atoms with van der Waals surface area (Å²) < 4.78 is 0. The molecule has 3 N–H and O–H groups in total. The van der Waals surface area contributed by atoms with Crippen LogP contribution in [0.5, 0.6) is 0 Å². The molecule has 0 aromatic carbocycles. The van der Waals surface area contributed by atoms with Gasteiger partial charge in [0.05, 0.1) is 0 Å².